The Morgan fingerprint density at radius 1 is 1.36 bits per heavy atom. The molecule has 66 valence electrons. The molecule has 0 N–H and O–H groups in total. The van der Waals surface area contributed by atoms with Gasteiger partial charge in [0.25, 0.3) is 0 Å². The van der Waals surface area contributed by atoms with Crippen LogP contribution in [0.15, 0.2) is 0 Å². The lowest BCUT2D eigenvalue weighted by Crippen LogP contribution is -1.93. The fourth-order valence-electron chi connectivity index (χ4n) is 1.32. The van der Waals surface area contributed by atoms with E-state index in [1.165, 1.54) is 0 Å². The van der Waals surface area contributed by atoms with E-state index in [-0.39, 0.29) is 0 Å². The lowest BCUT2D eigenvalue weighted by Gasteiger charge is -2.10. The molecule has 0 aromatic carbocycles. The maximum atomic E-state index is 11.7. The Kier molecular flexibility index (Phi) is 3.61. The molecule has 0 unspecified atom stereocenters. The van der Waals surface area contributed by atoms with E-state index in [4.69, 9.17) is 4.52 Å². The summed E-state index contributed by atoms with van der Waals surface area (Å²) in [6.07, 6.45) is 6.03. The van der Waals surface area contributed by atoms with Gasteiger partial charge in [0.1, 0.15) is 0 Å². The van der Waals surface area contributed by atoms with Crippen LogP contribution in [-0.2, 0) is 9.09 Å². The van der Waals surface area contributed by atoms with E-state index in [2.05, 4.69) is 6.92 Å². The Bertz CT molecular complexity index is 146. The Morgan fingerprint density at radius 2 is 2.00 bits per heavy atom. The van der Waals surface area contributed by atoms with Crippen molar-refractivity contribution >= 4 is 7.37 Å². The predicted octanol–water partition coefficient (Wildman–Crippen LogP) is 2.88. The molecular formula is C8H17O2P. The summed E-state index contributed by atoms with van der Waals surface area (Å²) in [6.45, 7) is 2.82. The van der Waals surface area contributed by atoms with Crippen molar-refractivity contribution < 1.29 is 9.09 Å². The van der Waals surface area contributed by atoms with Crippen molar-refractivity contribution in [2.45, 2.75) is 32.6 Å². The van der Waals surface area contributed by atoms with Crippen LogP contribution in [0, 0.1) is 0 Å². The SMILES string of the molecule is CCCCOP1(=O)CCCC1. The smallest absolute Gasteiger partial charge is 0.203 e. The summed E-state index contributed by atoms with van der Waals surface area (Å²) in [5.74, 6) is 0. The molecule has 0 aromatic rings. The number of rotatable bonds is 4. The first-order chi connectivity index (χ1) is 5.27. The van der Waals surface area contributed by atoms with Gasteiger partial charge in [-0.05, 0) is 19.3 Å². The van der Waals surface area contributed by atoms with Gasteiger partial charge in [0.15, 0.2) is 0 Å². The molecule has 0 aliphatic carbocycles. The average Bonchev–Trinajstić information content (AvgIpc) is 2.38. The van der Waals surface area contributed by atoms with Gasteiger partial charge in [-0.3, -0.25) is 4.57 Å². The number of unbranched alkanes of at least 4 members (excludes halogenated alkanes) is 1. The first kappa shape index (κ1) is 9.28. The van der Waals surface area contributed by atoms with Gasteiger partial charge in [0, 0.05) is 12.3 Å². The normalized spacial score (nSPS) is 22.3. The highest BCUT2D eigenvalue weighted by Crippen LogP contribution is 2.52. The van der Waals surface area contributed by atoms with Crippen LogP contribution in [0.2, 0.25) is 0 Å². The Labute approximate surface area is 68.8 Å². The molecule has 1 fully saturated rings. The number of hydrogen-bond donors (Lipinski definition) is 0. The molecule has 0 radical (unpaired) electrons. The summed E-state index contributed by atoms with van der Waals surface area (Å²) in [7, 11) is -2.10. The lowest BCUT2D eigenvalue weighted by atomic mass is 10.4. The van der Waals surface area contributed by atoms with Crippen LogP contribution in [0.25, 0.3) is 0 Å². The predicted molar refractivity (Wildman–Crippen MR) is 47.4 cm³/mol. The van der Waals surface area contributed by atoms with E-state index in [1.807, 2.05) is 0 Å². The van der Waals surface area contributed by atoms with Crippen molar-refractivity contribution in [3.8, 4) is 0 Å². The van der Waals surface area contributed by atoms with Crippen LogP contribution in [0.4, 0.5) is 0 Å². The molecule has 0 aromatic heterocycles. The van der Waals surface area contributed by atoms with Gasteiger partial charge in [-0.2, -0.15) is 0 Å². The first-order valence-electron chi connectivity index (χ1n) is 4.49. The Balaban J connectivity index is 2.18. The van der Waals surface area contributed by atoms with Crippen molar-refractivity contribution in [3.63, 3.8) is 0 Å². The Morgan fingerprint density at radius 3 is 2.55 bits per heavy atom. The molecule has 1 heterocycles. The average molecular weight is 176 g/mol. The topological polar surface area (TPSA) is 26.3 Å². The minimum absolute atomic E-state index is 0.702. The Hall–Kier alpha value is 0.190. The van der Waals surface area contributed by atoms with Gasteiger partial charge in [0.2, 0.25) is 7.37 Å². The van der Waals surface area contributed by atoms with Crippen molar-refractivity contribution in [3.05, 3.63) is 0 Å². The van der Waals surface area contributed by atoms with Crippen LogP contribution in [0.5, 0.6) is 0 Å². The van der Waals surface area contributed by atoms with Gasteiger partial charge in [-0.15, -0.1) is 0 Å². The highest BCUT2D eigenvalue weighted by atomic mass is 31.2. The second-order valence-electron chi connectivity index (χ2n) is 3.16. The van der Waals surface area contributed by atoms with Crippen molar-refractivity contribution in [1.29, 1.82) is 0 Å². The van der Waals surface area contributed by atoms with E-state index in [1.54, 1.807) is 0 Å². The van der Waals surface area contributed by atoms with Gasteiger partial charge in [-0.1, -0.05) is 13.3 Å². The van der Waals surface area contributed by atoms with Crippen LogP contribution < -0.4 is 0 Å². The monoisotopic (exact) mass is 176 g/mol. The quantitative estimate of drug-likeness (QED) is 0.486. The fourth-order valence-corrected chi connectivity index (χ4v) is 3.68. The van der Waals surface area contributed by atoms with Crippen LogP contribution >= 0.6 is 7.37 Å². The molecule has 0 atom stereocenters. The molecular weight excluding hydrogens is 159 g/mol. The lowest BCUT2D eigenvalue weighted by molar-refractivity contribution is 0.309. The van der Waals surface area contributed by atoms with Gasteiger partial charge < -0.3 is 4.52 Å². The van der Waals surface area contributed by atoms with Gasteiger partial charge in [0.05, 0.1) is 6.61 Å². The molecule has 2 nitrogen and oxygen atoms in total. The molecule has 0 amide bonds. The van der Waals surface area contributed by atoms with Gasteiger partial charge in [-0.25, -0.2) is 0 Å². The van der Waals surface area contributed by atoms with Crippen molar-refractivity contribution in [2.75, 3.05) is 18.9 Å². The van der Waals surface area contributed by atoms with E-state index < -0.39 is 7.37 Å². The van der Waals surface area contributed by atoms with E-state index in [0.717, 1.165) is 38.0 Å². The standard InChI is InChI=1S/C8H17O2P/c1-2-3-6-10-11(9)7-4-5-8-11/h2-8H2,1H3. The van der Waals surface area contributed by atoms with Gasteiger partial charge >= 0.3 is 0 Å². The largest absolute Gasteiger partial charge is 0.328 e. The van der Waals surface area contributed by atoms with Crippen LogP contribution in [-0.4, -0.2) is 18.9 Å². The van der Waals surface area contributed by atoms with Crippen molar-refractivity contribution in [2.24, 2.45) is 0 Å². The molecule has 1 aliphatic rings. The third-order valence-corrected chi connectivity index (χ3v) is 4.72. The fraction of sp³-hybridized carbons (Fsp3) is 1.00. The van der Waals surface area contributed by atoms with E-state index in [0.29, 0.717) is 6.61 Å². The zero-order valence-corrected chi connectivity index (χ0v) is 8.11. The number of hydrogen-bond acceptors (Lipinski definition) is 2. The summed E-state index contributed by atoms with van der Waals surface area (Å²) in [6, 6.07) is 0. The minimum Gasteiger partial charge on any atom is -0.328 e. The maximum Gasteiger partial charge on any atom is 0.203 e. The molecule has 0 bridgehead atoms. The minimum atomic E-state index is -2.10. The summed E-state index contributed by atoms with van der Waals surface area (Å²) >= 11 is 0. The van der Waals surface area contributed by atoms with E-state index >= 15 is 0 Å². The zero-order chi connectivity index (χ0) is 8.16. The molecule has 1 rings (SSSR count). The maximum absolute atomic E-state index is 11.7. The van der Waals surface area contributed by atoms with Crippen molar-refractivity contribution in [1.82, 2.24) is 0 Å². The van der Waals surface area contributed by atoms with E-state index in [9.17, 15) is 4.57 Å². The third-order valence-electron chi connectivity index (χ3n) is 2.07. The molecule has 0 spiro atoms. The molecule has 0 saturated carbocycles. The highest BCUT2D eigenvalue weighted by Gasteiger charge is 2.27. The second kappa shape index (κ2) is 4.27. The third kappa shape index (κ3) is 2.96. The summed E-state index contributed by atoms with van der Waals surface area (Å²) in [5.41, 5.74) is 0. The zero-order valence-electron chi connectivity index (χ0n) is 7.21. The second-order valence-corrected chi connectivity index (χ2v) is 5.94. The molecule has 11 heavy (non-hydrogen) atoms. The molecule has 1 aliphatic heterocycles. The molecule has 1 saturated heterocycles. The summed E-state index contributed by atoms with van der Waals surface area (Å²) in [4.78, 5) is 0. The highest BCUT2D eigenvalue weighted by molar-refractivity contribution is 7.59. The summed E-state index contributed by atoms with van der Waals surface area (Å²) < 4.78 is 17.1. The summed E-state index contributed by atoms with van der Waals surface area (Å²) in [5, 5.41) is 0. The molecule has 3 heteroatoms. The first-order valence-corrected chi connectivity index (χ1v) is 6.49. The van der Waals surface area contributed by atoms with Crippen LogP contribution in [0.1, 0.15) is 32.6 Å². The van der Waals surface area contributed by atoms with Crippen LogP contribution in [0.3, 0.4) is 0 Å².